The van der Waals surface area contributed by atoms with E-state index < -0.39 is 0 Å². The lowest BCUT2D eigenvalue weighted by Gasteiger charge is -2.14. The maximum absolute atomic E-state index is 12.1. The average Bonchev–Trinajstić information content (AvgIpc) is 2.70. The van der Waals surface area contributed by atoms with Gasteiger partial charge in [0, 0.05) is 24.9 Å². The number of carbonyl (C=O) groups excluding carboxylic acids is 2. The fraction of sp³-hybridized carbons (Fsp3) is 0.917. The van der Waals surface area contributed by atoms with E-state index in [4.69, 9.17) is 0 Å². The minimum atomic E-state index is 0.199. The summed E-state index contributed by atoms with van der Waals surface area (Å²) in [6.07, 6.45) is 15.5. The molecule has 166 valence electrons. The quantitative estimate of drug-likeness (QED) is 0.263. The SMILES string of the molecule is CCCC[C@@H](CC)C(=O)NCCCCCCCCNC(=O)[C@H](CC)CCCC. The second-order valence-electron chi connectivity index (χ2n) is 8.20. The first-order chi connectivity index (χ1) is 13.6. The van der Waals surface area contributed by atoms with Crippen molar-refractivity contribution in [2.24, 2.45) is 11.8 Å². The van der Waals surface area contributed by atoms with Crippen molar-refractivity contribution in [2.75, 3.05) is 13.1 Å². The Bertz CT molecular complexity index is 349. The van der Waals surface area contributed by atoms with Crippen LogP contribution in [0.5, 0.6) is 0 Å². The highest BCUT2D eigenvalue weighted by Gasteiger charge is 2.15. The molecule has 0 saturated carbocycles. The Morgan fingerprint density at radius 2 is 0.929 bits per heavy atom. The standard InChI is InChI=1S/C24H48N2O2/c1-5-9-17-21(7-3)23(27)25-19-15-13-11-12-14-16-20-26-24(28)22(8-4)18-10-6-2/h21-22H,5-20H2,1-4H3,(H,25,27)(H,26,28)/t21-,22-/m1/s1. The molecule has 0 unspecified atom stereocenters. The van der Waals surface area contributed by atoms with Gasteiger partial charge in [0.1, 0.15) is 0 Å². The molecule has 0 aromatic carbocycles. The van der Waals surface area contributed by atoms with Gasteiger partial charge in [-0.1, -0.05) is 79.1 Å². The summed E-state index contributed by atoms with van der Waals surface area (Å²) in [6, 6.07) is 0. The van der Waals surface area contributed by atoms with Crippen LogP contribution in [-0.2, 0) is 9.59 Å². The Hall–Kier alpha value is -1.06. The van der Waals surface area contributed by atoms with Crippen molar-refractivity contribution in [3.8, 4) is 0 Å². The molecule has 0 aromatic rings. The third kappa shape index (κ3) is 14.0. The lowest BCUT2D eigenvalue weighted by Crippen LogP contribution is -2.31. The fourth-order valence-corrected chi connectivity index (χ4v) is 3.61. The van der Waals surface area contributed by atoms with Crippen LogP contribution in [0.3, 0.4) is 0 Å². The van der Waals surface area contributed by atoms with Crippen molar-refractivity contribution in [1.82, 2.24) is 10.6 Å². The molecule has 0 rings (SSSR count). The molecule has 0 spiro atoms. The van der Waals surface area contributed by atoms with Crippen LogP contribution in [0.15, 0.2) is 0 Å². The van der Waals surface area contributed by atoms with Crippen LogP contribution in [0.2, 0.25) is 0 Å². The van der Waals surface area contributed by atoms with Crippen molar-refractivity contribution < 1.29 is 9.59 Å². The molecule has 0 heterocycles. The summed E-state index contributed by atoms with van der Waals surface area (Å²) in [4.78, 5) is 24.2. The lowest BCUT2D eigenvalue weighted by molar-refractivity contribution is -0.126. The van der Waals surface area contributed by atoms with Crippen molar-refractivity contribution in [1.29, 1.82) is 0 Å². The van der Waals surface area contributed by atoms with Crippen LogP contribution in [-0.4, -0.2) is 24.9 Å². The van der Waals surface area contributed by atoms with E-state index in [1.54, 1.807) is 0 Å². The molecule has 0 saturated heterocycles. The molecule has 2 atom stereocenters. The maximum Gasteiger partial charge on any atom is 0.223 e. The molecular formula is C24H48N2O2. The molecular weight excluding hydrogens is 348 g/mol. The highest BCUT2D eigenvalue weighted by atomic mass is 16.2. The molecule has 4 nitrogen and oxygen atoms in total. The van der Waals surface area contributed by atoms with E-state index in [9.17, 15) is 9.59 Å². The molecule has 4 heteroatoms. The van der Waals surface area contributed by atoms with Gasteiger partial charge in [-0.2, -0.15) is 0 Å². The number of unbranched alkanes of at least 4 members (excludes halogenated alkanes) is 7. The van der Waals surface area contributed by atoms with Crippen LogP contribution in [0.25, 0.3) is 0 Å². The Morgan fingerprint density at radius 3 is 1.25 bits per heavy atom. The maximum atomic E-state index is 12.1. The van der Waals surface area contributed by atoms with Crippen LogP contribution in [0.1, 0.15) is 118 Å². The third-order valence-corrected chi connectivity index (χ3v) is 5.74. The molecule has 0 radical (unpaired) electrons. The van der Waals surface area contributed by atoms with E-state index in [0.29, 0.717) is 0 Å². The zero-order valence-corrected chi connectivity index (χ0v) is 19.3. The van der Waals surface area contributed by atoms with Gasteiger partial charge in [0.2, 0.25) is 11.8 Å². The van der Waals surface area contributed by atoms with Gasteiger partial charge >= 0.3 is 0 Å². The highest BCUT2D eigenvalue weighted by molar-refractivity contribution is 5.78. The van der Waals surface area contributed by atoms with Gasteiger partial charge in [-0.15, -0.1) is 0 Å². The predicted octanol–water partition coefficient (Wildman–Crippen LogP) is 5.99. The van der Waals surface area contributed by atoms with E-state index in [1.165, 1.54) is 25.7 Å². The van der Waals surface area contributed by atoms with Gasteiger partial charge < -0.3 is 10.6 Å². The third-order valence-electron chi connectivity index (χ3n) is 5.74. The van der Waals surface area contributed by atoms with E-state index in [0.717, 1.165) is 77.3 Å². The number of rotatable bonds is 19. The smallest absolute Gasteiger partial charge is 0.223 e. The second-order valence-corrected chi connectivity index (χ2v) is 8.20. The van der Waals surface area contributed by atoms with Gasteiger partial charge in [0.15, 0.2) is 0 Å². The molecule has 0 aromatic heterocycles. The summed E-state index contributed by atoms with van der Waals surface area (Å²) in [5.41, 5.74) is 0. The van der Waals surface area contributed by atoms with Crippen LogP contribution in [0.4, 0.5) is 0 Å². The average molecular weight is 397 g/mol. The Labute approximate surface area is 175 Å². The summed E-state index contributed by atoms with van der Waals surface area (Å²) in [6.45, 7) is 10.2. The first kappa shape index (κ1) is 26.9. The predicted molar refractivity (Wildman–Crippen MR) is 120 cm³/mol. The van der Waals surface area contributed by atoms with Gasteiger partial charge in [0.25, 0.3) is 0 Å². The summed E-state index contributed by atoms with van der Waals surface area (Å²) in [7, 11) is 0. The van der Waals surface area contributed by atoms with Gasteiger partial charge in [-0.3, -0.25) is 9.59 Å². The zero-order chi connectivity index (χ0) is 21.0. The van der Waals surface area contributed by atoms with Crippen molar-refractivity contribution >= 4 is 11.8 Å². The zero-order valence-electron chi connectivity index (χ0n) is 19.3. The number of amides is 2. The monoisotopic (exact) mass is 396 g/mol. The molecule has 0 aliphatic rings. The van der Waals surface area contributed by atoms with Crippen molar-refractivity contribution in [3.63, 3.8) is 0 Å². The lowest BCUT2D eigenvalue weighted by atomic mass is 9.98. The van der Waals surface area contributed by atoms with Gasteiger partial charge in [0.05, 0.1) is 0 Å². The minimum Gasteiger partial charge on any atom is -0.356 e. The first-order valence-corrected chi connectivity index (χ1v) is 12.2. The summed E-state index contributed by atoms with van der Waals surface area (Å²) in [5.74, 6) is 0.890. The number of nitrogens with one attached hydrogen (secondary N) is 2. The number of hydrogen-bond donors (Lipinski definition) is 2. The molecule has 0 aliphatic heterocycles. The summed E-state index contributed by atoms with van der Waals surface area (Å²) < 4.78 is 0. The van der Waals surface area contributed by atoms with E-state index in [2.05, 4.69) is 38.3 Å². The van der Waals surface area contributed by atoms with Crippen LogP contribution in [0, 0.1) is 11.8 Å². The Morgan fingerprint density at radius 1 is 0.571 bits per heavy atom. The molecule has 0 fully saturated rings. The molecule has 28 heavy (non-hydrogen) atoms. The van der Waals surface area contributed by atoms with E-state index in [1.807, 2.05) is 0 Å². The Kier molecular flexibility index (Phi) is 18.5. The van der Waals surface area contributed by atoms with E-state index >= 15 is 0 Å². The molecule has 2 amide bonds. The first-order valence-electron chi connectivity index (χ1n) is 12.2. The normalized spacial score (nSPS) is 13.1. The minimum absolute atomic E-state index is 0.199. The molecule has 2 N–H and O–H groups in total. The topological polar surface area (TPSA) is 58.2 Å². The van der Waals surface area contributed by atoms with Gasteiger partial charge in [-0.25, -0.2) is 0 Å². The van der Waals surface area contributed by atoms with Crippen LogP contribution < -0.4 is 10.6 Å². The highest BCUT2D eigenvalue weighted by Crippen LogP contribution is 2.13. The summed E-state index contributed by atoms with van der Waals surface area (Å²) in [5, 5.41) is 6.22. The fourth-order valence-electron chi connectivity index (χ4n) is 3.61. The van der Waals surface area contributed by atoms with Crippen molar-refractivity contribution in [2.45, 2.75) is 118 Å². The largest absolute Gasteiger partial charge is 0.356 e. The number of hydrogen-bond acceptors (Lipinski definition) is 2. The molecule has 0 bridgehead atoms. The van der Waals surface area contributed by atoms with E-state index in [-0.39, 0.29) is 23.7 Å². The molecule has 0 aliphatic carbocycles. The van der Waals surface area contributed by atoms with Crippen LogP contribution >= 0.6 is 0 Å². The number of carbonyl (C=O) groups is 2. The second kappa shape index (κ2) is 19.3. The summed E-state index contributed by atoms with van der Waals surface area (Å²) >= 11 is 0. The Balaban J connectivity index is 3.57. The van der Waals surface area contributed by atoms with Gasteiger partial charge in [-0.05, 0) is 38.5 Å². The van der Waals surface area contributed by atoms with Crippen molar-refractivity contribution in [3.05, 3.63) is 0 Å².